The van der Waals surface area contributed by atoms with E-state index in [1.165, 1.54) is 0 Å². The van der Waals surface area contributed by atoms with Gasteiger partial charge >= 0.3 is 5.51 Å². The zero-order chi connectivity index (χ0) is 12.9. The molecule has 0 aliphatic carbocycles. The van der Waals surface area contributed by atoms with Crippen molar-refractivity contribution in [3.05, 3.63) is 35.4 Å². The van der Waals surface area contributed by atoms with Gasteiger partial charge in [-0.25, -0.2) is 8.78 Å². The summed E-state index contributed by atoms with van der Waals surface area (Å²) in [6.07, 6.45) is 0. The van der Waals surface area contributed by atoms with Gasteiger partial charge in [-0.1, -0.05) is 0 Å². The fraction of sp³-hybridized carbons (Fsp3) is 0.400. The van der Waals surface area contributed by atoms with Crippen LogP contribution in [0.5, 0.6) is 0 Å². The van der Waals surface area contributed by atoms with Gasteiger partial charge in [0.25, 0.3) is 0 Å². The van der Waals surface area contributed by atoms with Crippen molar-refractivity contribution in [1.29, 1.82) is 0 Å². The molecule has 0 radical (unpaired) electrons. The van der Waals surface area contributed by atoms with Crippen LogP contribution in [0.4, 0.5) is 22.0 Å². The zero-order valence-electron chi connectivity index (χ0n) is 8.65. The van der Waals surface area contributed by atoms with Gasteiger partial charge in [-0.05, 0) is 29.5 Å². The van der Waals surface area contributed by atoms with Crippen LogP contribution in [0.1, 0.15) is 5.56 Å². The Bertz CT molecular complexity index is 346. The molecule has 0 saturated carbocycles. The second kappa shape index (κ2) is 6.20. The number of rotatable bonds is 5. The van der Waals surface area contributed by atoms with Gasteiger partial charge in [-0.2, -0.15) is 13.2 Å². The largest absolute Gasteiger partial charge is 0.441 e. The van der Waals surface area contributed by atoms with Crippen LogP contribution >= 0.6 is 11.8 Å². The predicted octanol–water partition coefficient (Wildman–Crippen LogP) is 3.31. The highest BCUT2D eigenvalue weighted by Gasteiger charge is 2.27. The number of thioether (sulfide) groups is 1. The highest BCUT2D eigenvalue weighted by atomic mass is 32.2. The molecule has 0 amide bonds. The van der Waals surface area contributed by atoms with Crippen LogP contribution in [-0.2, 0) is 6.54 Å². The Balaban J connectivity index is 2.27. The Morgan fingerprint density at radius 1 is 1.06 bits per heavy atom. The number of nitrogens with one attached hydrogen (secondary N) is 1. The third kappa shape index (κ3) is 6.48. The van der Waals surface area contributed by atoms with Crippen LogP contribution in [0.2, 0.25) is 0 Å². The normalized spacial score (nSPS) is 11.8. The number of benzene rings is 1. The molecule has 0 heterocycles. The molecule has 1 aromatic rings. The van der Waals surface area contributed by atoms with E-state index in [0.29, 0.717) is 5.56 Å². The van der Waals surface area contributed by atoms with E-state index in [1.54, 1.807) is 0 Å². The van der Waals surface area contributed by atoms with Crippen molar-refractivity contribution >= 4 is 11.8 Å². The van der Waals surface area contributed by atoms with Crippen molar-refractivity contribution in [1.82, 2.24) is 5.32 Å². The van der Waals surface area contributed by atoms with Gasteiger partial charge in [-0.15, -0.1) is 0 Å². The van der Waals surface area contributed by atoms with E-state index < -0.39 is 17.1 Å². The van der Waals surface area contributed by atoms with Crippen molar-refractivity contribution in [2.75, 3.05) is 12.3 Å². The molecule has 0 atom stereocenters. The molecular formula is C10H10F5NS. The average molecular weight is 271 g/mol. The molecule has 0 aromatic heterocycles. The summed E-state index contributed by atoms with van der Waals surface area (Å²) in [6, 6.07) is 3.00. The van der Waals surface area contributed by atoms with Gasteiger partial charge in [-0.3, -0.25) is 0 Å². The van der Waals surface area contributed by atoms with Gasteiger partial charge < -0.3 is 5.32 Å². The molecule has 0 fully saturated rings. The fourth-order valence-corrected chi connectivity index (χ4v) is 1.66. The topological polar surface area (TPSA) is 12.0 Å². The second-order valence-corrected chi connectivity index (χ2v) is 4.41. The minimum Gasteiger partial charge on any atom is -0.312 e. The molecule has 1 rings (SSSR count). The molecule has 0 aliphatic heterocycles. The maximum Gasteiger partial charge on any atom is 0.441 e. The van der Waals surface area contributed by atoms with E-state index in [4.69, 9.17) is 0 Å². The number of alkyl halides is 3. The molecule has 0 saturated heterocycles. The lowest BCUT2D eigenvalue weighted by molar-refractivity contribution is -0.0327. The lowest BCUT2D eigenvalue weighted by atomic mass is 10.2. The third-order valence-corrected chi connectivity index (χ3v) is 2.53. The smallest absolute Gasteiger partial charge is 0.312 e. The molecule has 96 valence electrons. The van der Waals surface area contributed by atoms with Gasteiger partial charge in [0, 0.05) is 24.9 Å². The molecule has 0 spiro atoms. The first-order valence-corrected chi connectivity index (χ1v) is 5.72. The minimum absolute atomic E-state index is 0.113. The Hall–Kier alpha value is -0.820. The molecule has 1 nitrogen and oxygen atoms in total. The number of halogens is 5. The van der Waals surface area contributed by atoms with E-state index in [9.17, 15) is 22.0 Å². The second-order valence-electron chi connectivity index (χ2n) is 3.25. The average Bonchev–Trinajstić information content (AvgIpc) is 2.13. The van der Waals surface area contributed by atoms with Gasteiger partial charge in [0.05, 0.1) is 0 Å². The summed E-state index contributed by atoms with van der Waals surface area (Å²) >= 11 is -0.136. The van der Waals surface area contributed by atoms with Gasteiger partial charge in [0.1, 0.15) is 11.6 Å². The molecular weight excluding hydrogens is 261 g/mol. The molecule has 7 heteroatoms. The van der Waals surface area contributed by atoms with Crippen molar-refractivity contribution in [2.24, 2.45) is 0 Å². The summed E-state index contributed by atoms with van der Waals surface area (Å²) in [6.45, 7) is 0.245. The Kier molecular flexibility index (Phi) is 5.20. The van der Waals surface area contributed by atoms with Crippen molar-refractivity contribution in [2.45, 2.75) is 12.1 Å². The first kappa shape index (κ1) is 14.2. The quantitative estimate of drug-likeness (QED) is 0.651. The van der Waals surface area contributed by atoms with Crippen molar-refractivity contribution < 1.29 is 22.0 Å². The molecule has 0 bridgehead atoms. The Labute approximate surface area is 99.4 Å². The van der Waals surface area contributed by atoms with E-state index >= 15 is 0 Å². The molecule has 17 heavy (non-hydrogen) atoms. The van der Waals surface area contributed by atoms with E-state index in [1.807, 2.05) is 0 Å². The van der Waals surface area contributed by atoms with Crippen molar-refractivity contribution in [3.63, 3.8) is 0 Å². The fourth-order valence-electron chi connectivity index (χ4n) is 1.18. The van der Waals surface area contributed by atoms with E-state index in [2.05, 4.69) is 5.32 Å². The van der Waals surface area contributed by atoms with Crippen LogP contribution in [0.3, 0.4) is 0 Å². The lowest BCUT2D eigenvalue weighted by Crippen LogP contribution is -2.18. The van der Waals surface area contributed by atoms with Crippen LogP contribution in [0.15, 0.2) is 18.2 Å². The predicted molar refractivity (Wildman–Crippen MR) is 56.6 cm³/mol. The van der Waals surface area contributed by atoms with E-state index in [0.717, 1.165) is 18.2 Å². The third-order valence-electron chi connectivity index (χ3n) is 1.80. The SMILES string of the molecule is Fc1cc(F)cc(CNCCSC(F)(F)F)c1. The molecule has 0 unspecified atom stereocenters. The maximum atomic E-state index is 12.7. The highest BCUT2D eigenvalue weighted by Crippen LogP contribution is 2.29. The van der Waals surface area contributed by atoms with Gasteiger partial charge in [0.15, 0.2) is 0 Å². The monoisotopic (exact) mass is 271 g/mol. The van der Waals surface area contributed by atoms with E-state index in [-0.39, 0.29) is 30.6 Å². The Morgan fingerprint density at radius 3 is 2.18 bits per heavy atom. The standard InChI is InChI=1S/C10H10F5NS/c11-8-3-7(4-9(12)5-8)6-16-1-2-17-10(13,14)15/h3-5,16H,1-2,6H2. The zero-order valence-corrected chi connectivity index (χ0v) is 9.47. The summed E-state index contributed by atoms with van der Waals surface area (Å²) in [4.78, 5) is 0. The minimum atomic E-state index is -4.24. The van der Waals surface area contributed by atoms with Gasteiger partial charge in [0.2, 0.25) is 0 Å². The summed E-state index contributed by atoms with van der Waals surface area (Å²) in [5, 5.41) is 2.67. The molecule has 0 aliphatic rings. The summed E-state index contributed by atoms with van der Waals surface area (Å²) < 4.78 is 60.7. The summed E-state index contributed by atoms with van der Waals surface area (Å²) in [5.74, 6) is -1.54. The molecule has 1 N–H and O–H groups in total. The van der Waals surface area contributed by atoms with Crippen LogP contribution in [0, 0.1) is 11.6 Å². The number of hydrogen-bond donors (Lipinski definition) is 1. The summed E-state index contributed by atoms with van der Waals surface area (Å²) in [7, 11) is 0. The first-order valence-electron chi connectivity index (χ1n) is 4.73. The lowest BCUT2D eigenvalue weighted by Gasteiger charge is -2.07. The van der Waals surface area contributed by atoms with Crippen LogP contribution < -0.4 is 5.32 Å². The van der Waals surface area contributed by atoms with Crippen molar-refractivity contribution in [3.8, 4) is 0 Å². The Morgan fingerprint density at radius 2 is 1.65 bits per heavy atom. The maximum absolute atomic E-state index is 12.7. The molecule has 1 aromatic carbocycles. The summed E-state index contributed by atoms with van der Waals surface area (Å²) in [5.41, 5.74) is -3.88. The number of hydrogen-bond acceptors (Lipinski definition) is 2. The van der Waals surface area contributed by atoms with Crippen LogP contribution in [0.25, 0.3) is 0 Å². The first-order chi connectivity index (χ1) is 7.87. The van der Waals surface area contributed by atoms with Crippen LogP contribution in [-0.4, -0.2) is 17.8 Å². The highest BCUT2D eigenvalue weighted by molar-refractivity contribution is 8.00.